The molecule has 0 aliphatic carbocycles. The summed E-state index contributed by atoms with van der Waals surface area (Å²) >= 11 is 6.02. The van der Waals surface area contributed by atoms with Gasteiger partial charge in [0.1, 0.15) is 11.5 Å². The smallest absolute Gasteiger partial charge is 0.265 e. The summed E-state index contributed by atoms with van der Waals surface area (Å²) in [6.07, 6.45) is 0. The molecule has 8 heteroatoms. The number of benzene rings is 2. The molecule has 0 atom stereocenters. The van der Waals surface area contributed by atoms with Gasteiger partial charge in [-0.15, -0.1) is 0 Å². The van der Waals surface area contributed by atoms with Crippen LogP contribution in [0.2, 0.25) is 5.02 Å². The van der Waals surface area contributed by atoms with Gasteiger partial charge < -0.3 is 24.6 Å². The Balaban J connectivity index is 1.67. The zero-order valence-electron chi connectivity index (χ0n) is 15.8. The topological polar surface area (TPSA) is 71.1 Å². The van der Waals surface area contributed by atoms with E-state index in [0.29, 0.717) is 41.0 Å². The van der Waals surface area contributed by atoms with Crippen molar-refractivity contribution in [3.63, 3.8) is 0 Å². The number of carbonyl (C=O) groups is 2. The van der Waals surface area contributed by atoms with E-state index in [0.717, 1.165) is 0 Å². The van der Waals surface area contributed by atoms with E-state index >= 15 is 0 Å². The highest BCUT2D eigenvalue weighted by molar-refractivity contribution is 6.32. The number of nitrogens with one attached hydrogen (secondary N) is 1. The lowest BCUT2D eigenvalue weighted by atomic mass is 10.2. The quantitative estimate of drug-likeness (QED) is 0.769. The first-order valence-electron chi connectivity index (χ1n) is 8.83. The van der Waals surface area contributed by atoms with Crippen molar-refractivity contribution in [3.8, 4) is 11.5 Å². The van der Waals surface area contributed by atoms with Gasteiger partial charge in [-0.1, -0.05) is 23.7 Å². The SMILES string of the molecule is CN(C)CCN1C(=O)COc2ccc(NC(=O)COc3ccccc3Cl)cc21. The molecule has 2 aromatic rings. The molecule has 3 rings (SSSR count). The Morgan fingerprint density at radius 1 is 1.29 bits per heavy atom. The largest absolute Gasteiger partial charge is 0.482 e. The van der Waals surface area contributed by atoms with Gasteiger partial charge >= 0.3 is 0 Å². The molecule has 1 aliphatic heterocycles. The molecule has 7 nitrogen and oxygen atoms in total. The Morgan fingerprint density at radius 3 is 2.82 bits per heavy atom. The first-order chi connectivity index (χ1) is 13.4. The van der Waals surface area contributed by atoms with E-state index in [1.165, 1.54) is 0 Å². The summed E-state index contributed by atoms with van der Waals surface area (Å²) < 4.78 is 10.9. The number of fused-ring (bicyclic) bond motifs is 1. The fourth-order valence-corrected chi connectivity index (χ4v) is 2.92. The number of hydrogen-bond acceptors (Lipinski definition) is 5. The highest BCUT2D eigenvalue weighted by Gasteiger charge is 2.25. The van der Waals surface area contributed by atoms with Crippen LogP contribution in [0.5, 0.6) is 11.5 Å². The minimum absolute atomic E-state index is 0.0117. The Kier molecular flexibility index (Phi) is 6.38. The van der Waals surface area contributed by atoms with Gasteiger partial charge in [-0.3, -0.25) is 9.59 Å². The van der Waals surface area contributed by atoms with Gasteiger partial charge in [-0.2, -0.15) is 0 Å². The zero-order valence-corrected chi connectivity index (χ0v) is 16.5. The van der Waals surface area contributed by atoms with Crippen LogP contribution in [0.25, 0.3) is 0 Å². The molecular weight excluding hydrogens is 382 g/mol. The third-order valence-electron chi connectivity index (χ3n) is 4.15. The van der Waals surface area contributed by atoms with E-state index in [9.17, 15) is 9.59 Å². The fourth-order valence-electron chi connectivity index (χ4n) is 2.73. The highest BCUT2D eigenvalue weighted by atomic mass is 35.5. The number of anilines is 2. The van der Waals surface area contributed by atoms with E-state index in [4.69, 9.17) is 21.1 Å². The molecule has 28 heavy (non-hydrogen) atoms. The third kappa shape index (κ3) is 4.94. The molecule has 148 valence electrons. The Bertz CT molecular complexity index is 872. The van der Waals surface area contributed by atoms with Gasteiger partial charge in [0.2, 0.25) is 0 Å². The number of likely N-dealkylation sites (N-methyl/N-ethyl adjacent to an activating group) is 1. The predicted octanol–water partition coefficient (Wildman–Crippen LogP) is 2.64. The van der Waals surface area contributed by atoms with Crippen LogP contribution in [-0.2, 0) is 9.59 Å². The molecule has 0 spiro atoms. The van der Waals surface area contributed by atoms with Gasteiger partial charge in [0.05, 0.1) is 10.7 Å². The highest BCUT2D eigenvalue weighted by Crippen LogP contribution is 2.34. The molecular formula is C20H22ClN3O4. The third-order valence-corrected chi connectivity index (χ3v) is 4.46. The van der Waals surface area contributed by atoms with Crippen molar-refractivity contribution in [2.24, 2.45) is 0 Å². The van der Waals surface area contributed by atoms with E-state index in [1.54, 1.807) is 47.4 Å². The molecule has 1 aliphatic rings. The van der Waals surface area contributed by atoms with Crippen molar-refractivity contribution in [2.75, 3.05) is 50.6 Å². The second-order valence-electron chi connectivity index (χ2n) is 6.59. The summed E-state index contributed by atoms with van der Waals surface area (Å²) in [5.41, 5.74) is 1.20. The maximum Gasteiger partial charge on any atom is 0.265 e. The number of nitrogens with zero attached hydrogens (tertiary/aromatic N) is 2. The minimum Gasteiger partial charge on any atom is -0.482 e. The van der Waals surface area contributed by atoms with Crippen molar-refractivity contribution in [2.45, 2.75) is 0 Å². The van der Waals surface area contributed by atoms with E-state index in [2.05, 4.69) is 5.32 Å². The number of para-hydroxylation sites is 1. The van der Waals surface area contributed by atoms with Gasteiger partial charge in [-0.05, 0) is 44.4 Å². The fraction of sp³-hybridized carbons (Fsp3) is 0.300. The summed E-state index contributed by atoms with van der Waals surface area (Å²) in [6.45, 7) is 1.08. The molecule has 0 saturated heterocycles. The molecule has 0 unspecified atom stereocenters. The lowest BCUT2D eigenvalue weighted by molar-refractivity contribution is -0.121. The van der Waals surface area contributed by atoms with E-state index < -0.39 is 0 Å². The van der Waals surface area contributed by atoms with Crippen molar-refractivity contribution in [1.82, 2.24) is 4.90 Å². The Hall–Kier alpha value is -2.77. The van der Waals surface area contributed by atoms with Crippen molar-refractivity contribution in [1.29, 1.82) is 0 Å². The molecule has 2 aromatic carbocycles. The first kappa shape index (κ1) is 20.0. The number of ether oxygens (including phenoxy) is 2. The molecule has 0 radical (unpaired) electrons. The average molecular weight is 404 g/mol. The second kappa shape index (κ2) is 8.95. The number of amides is 2. The maximum absolute atomic E-state index is 12.3. The average Bonchev–Trinajstić information content (AvgIpc) is 2.66. The minimum atomic E-state index is -0.331. The Labute approximate surface area is 168 Å². The van der Waals surface area contributed by atoms with Crippen molar-refractivity contribution >= 4 is 34.8 Å². The normalized spacial score (nSPS) is 13.1. The van der Waals surface area contributed by atoms with Crippen LogP contribution in [0.3, 0.4) is 0 Å². The molecule has 0 fully saturated rings. The Morgan fingerprint density at radius 2 is 2.07 bits per heavy atom. The summed E-state index contributed by atoms with van der Waals surface area (Å²) in [4.78, 5) is 28.2. The molecule has 0 bridgehead atoms. The van der Waals surface area contributed by atoms with Crippen molar-refractivity contribution in [3.05, 3.63) is 47.5 Å². The number of rotatable bonds is 7. The van der Waals surface area contributed by atoms with Crippen molar-refractivity contribution < 1.29 is 19.1 Å². The number of halogens is 1. The van der Waals surface area contributed by atoms with Crippen LogP contribution < -0.4 is 19.7 Å². The van der Waals surface area contributed by atoms with E-state index in [1.807, 2.05) is 19.0 Å². The lowest BCUT2D eigenvalue weighted by Gasteiger charge is -2.30. The lowest BCUT2D eigenvalue weighted by Crippen LogP contribution is -2.42. The maximum atomic E-state index is 12.3. The first-order valence-corrected chi connectivity index (χ1v) is 9.21. The zero-order chi connectivity index (χ0) is 20.1. The number of carbonyl (C=O) groups excluding carboxylic acids is 2. The predicted molar refractivity (Wildman–Crippen MR) is 108 cm³/mol. The molecule has 1 N–H and O–H groups in total. The van der Waals surface area contributed by atoms with Crippen LogP contribution in [-0.4, -0.2) is 57.1 Å². The monoisotopic (exact) mass is 403 g/mol. The number of hydrogen-bond donors (Lipinski definition) is 1. The van der Waals surface area contributed by atoms with Gasteiger partial charge in [0, 0.05) is 18.8 Å². The van der Waals surface area contributed by atoms with Gasteiger partial charge in [-0.25, -0.2) is 0 Å². The second-order valence-corrected chi connectivity index (χ2v) is 6.99. The molecule has 0 saturated carbocycles. The van der Waals surface area contributed by atoms with Gasteiger partial charge in [0.15, 0.2) is 13.2 Å². The summed E-state index contributed by atoms with van der Waals surface area (Å²) in [5, 5.41) is 3.21. The van der Waals surface area contributed by atoms with Crippen LogP contribution >= 0.6 is 11.6 Å². The van der Waals surface area contributed by atoms with Gasteiger partial charge in [0.25, 0.3) is 11.8 Å². The van der Waals surface area contributed by atoms with E-state index in [-0.39, 0.29) is 25.0 Å². The van der Waals surface area contributed by atoms with Crippen LogP contribution in [0, 0.1) is 0 Å². The van der Waals surface area contributed by atoms with Crippen LogP contribution in [0.4, 0.5) is 11.4 Å². The summed E-state index contributed by atoms with van der Waals surface area (Å²) in [7, 11) is 3.89. The summed E-state index contributed by atoms with van der Waals surface area (Å²) in [5.74, 6) is 0.616. The molecule has 2 amide bonds. The van der Waals surface area contributed by atoms with Crippen LogP contribution in [0.15, 0.2) is 42.5 Å². The molecule has 1 heterocycles. The molecule has 0 aromatic heterocycles. The van der Waals surface area contributed by atoms with Crippen LogP contribution in [0.1, 0.15) is 0 Å². The standard InChI is InChI=1S/C20H22ClN3O4/c1-23(2)9-10-24-16-11-14(7-8-18(16)28-13-20(24)26)22-19(25)12-27-17-6-4-3-5-15(17)21/h3-8,11H,9-10,12-13H2,1-2H3,(H,22,25). The summed E-state index contributed by atoms with van der Waals surface area (Å²) in [6, 6.07) is 12.2.